The number of piperidine rings is 1. The van der Waals surface area contributed by atoms with Crippen molar-refractivity contribution in [1.82, 2.24) is 5.32 Å². The quantitative estimate of drug-likeness (QED) is 0.326. The number of allylic oxidation sites excluding steroid dienone is 1. The van der Waals surface area contributed by atoms with Crippen LogP contribution in [-0.4, -0.2) is 82.2 Å². The number of aliphatic hydroxyl groups is 4. The van der Waals surface area contributed by atoms with Crippen molar-refractivity contribution in [3.8, 4) is 0 Å². The van der Waals surface area contributed by atoms with E-state index in [0.717, 1.165) is 44.6 Å². The van der Waals surface area contributed by atoms with E-state index < -0.39 is 37.3 Å². The Kier molecular flexibility index (Phi) is 7.27. The first-order chi connectivity index (χ1) is 19.5. The molecule has 8 heteroatoms. The zero-order valence-electron chi connectivity index (χ0n) is 25.4. The van der Waals surface area contributed by atoms with Gasteiger partial charge in [-0.15, -0.1) is 0 Å². The molecule has 16 atom stereocenters. The van der Waals surface area contributed by atoms with Crippen molar-refractivity contribution in [2.45, 2.75) is 134 Å². The van der Waals surface area contributed by atoms with Crippen molar-refractivity contribution in [1.29, 1.82) is 0 Å². The molecule has 1 spiro atoms. The Morgan fingerprint density at radius 3 is 2.54 bits per heavy atom. The topological polar surface area (TPSA) is 121 Å². The second-order valence-electron chi connectivity index (χ2n) is 15.6. The molecule has 4 aliphatic carbocycles. The molecule has 7 rings (SSSR count). The first kappa shape index (κ1) is 29.1. The van der Waals surface area contributed by atoms with E-state index in [0.29, 0.717) is 41.1 Å². The van der Waals surface area contributed by atoms with E-state index >= 15 is 0 Å². The maximum atomic E-state index is 10.5. The van der Waals surface area contributed by atoms with Gasteiger partial charge in [-0.2, -0.15) is 0 Å². The number of aliphatic hydroxyl groups excluding tert-OH is 4. The molecule has 8 nitrogen and oxygen atoms in total. The largest absolute Gasteiger partial charge is 0.394 e. The van der Waals surface area contributed by atoms with Gasteiger partial charge in [-0.05, 0) is 98.2 Å². The third-order valence-corrected chi connectivity index (χ3v) is 13.7. The Hall–Kier alpha value is -0.580. The lowest BCUT2D eigenvalue weighted by atomic mass is 9.47. The van der Waals surface area contributed by atoms with Crippen LogP contribution in [0.4, 0.5) is 0 Å². The minimum absolute atomic E-state index is 0.113. The molecule has 0 aromatic rings. The summed E-state index contributed by atoms with van der Waals surface area (Å²) in [5.41, 5.74) is 1.86. The molecule has 6 fully saturated rings. The highest BCUT2D eigenvalue weighted by molar-refractivity contribution is 5.26. The lowest BCUT2D eigenvalue weighted by Crippen LogP contribution is -2.60. The van der Waals surface area contributed by atoms with Gasteiger partial charge in [-0.25, -0.2) is 0 Å². The van der Waals surface area contributed by atoms with E-state index in [2.05, 4.69) is 39.1 Å². The molecule has 5 N–H and O–H groups in total. The van der Waals surface area contributed by atoms with Crippen LogP contribution in [0, 0.1) is 46.3 Å². The fourth-order valence-corrected chi connectivity index (χ4v) is 11.3. The van der Waals surface area contributed by atoms with Gasteiger partial charge in [0.05, 0.1) is 18.8 Å². The standard InChI is InChI=1S/C33H53NO7/c1-17-7-12-33(34-15-17)18(2)26-24(41-33)14-23-21-6-5-19-13-20(8-10-31(19,3)22(21)9-11-32(23,26)4)39-30-29(38)28(37)27(36)25(16-35)40-30/h5,17-18,20-30,34-38H,6-16H2,1-4H3/t17?,18-,20-,21?,22?,23?,24?,25?,26?,27+,28?,29?,30+,31-,32-,33?/m0/s1. The number of hydrogen-bond acceptors (Lipinski definition) is 8. The minimum Gasteiger partial charge on any atom is -0.394 e. The molecule has 232 valence electrons. The summed E-state index contributed by atoms with van der Waals surface area (Å²) in [5.74, 6) is 3.99. The average molecular weight is 576 g/mol. The Balaban J connectivity index is 1.05. The van der Waals surface area contributed by atoms with Gasteiger partial charge in [-0.3, -0.25) is 5.32 Å². The van der Waals surface area contributed by atoms with Gasteiger partial charge in [0.15, 0.2) is 6.29 Å². The van der Waals surface area contributed by atoms with Crippen LogP contribution < -0.4 is 5.32 Å². The number of fused-ring (bicyclic) bond motifs is 7. The van der Waals surface area contributed by atoms with Crippen LogP contribution in [0.15, 0.2) is 11.6 Å². The fraction of sp³-hybridized carbons (Fsp3) is 0.939. The molecule has 7 aliphatic rings. The van der Waals surface area contributed by atoms with Crippen LogP contribution >= 0.6 is 0 Å². The van der Waals surface area contributed by atoms with Crippen molar-refractivity contribution >= 4 is 0 Å². The summed E-state index contributed by atoms with van der Waals surface area (Å²) in [6, 6.07) is 0. The molecule has 0 aromatic heterocycles. The van der Waals surface area contributed by atoms with Crippen LogP contribution in [0.1, 0.15) is 85.5 Å². The maximum Gasteiger partial charge on any atom is 0.186 e. The average Bonchev–Trinajstić information content (AvgIpc) is 3.40. The molecule has 0 aromatic carbocycles. The number of nitrogens with one attached hydrogen (secondary N) is 1. The summed E-state index contributed by atoms with van der Waals surface area (Å²) in [4.78, 5) is 0. The minimum atomic E-state index is -1.41. The molecule has 41 heavy (non-hydrogen) atoms. The molecule has 3 aliphatic heterocycles. The summed E-state index contributed by atoms with van der Waals surface area (Å²) in [7, 11) is 0. The Morgan fingerprint density at radius 1 is 1.00 bits per heavy atom. The van der Waals surface area contributed by atoms with Crippen molar-refractivity contribution in [3.63, 3.8) is 0 Å². The van der Waals surface area contributed by atoms with E-state index in [1.165, 1.54) is 31.3 Å². The van der Waals surface area contributed by atoms with E-state index in [9.17, 15) is 20.4 Å². The highest BCUT2D eigenvalue weighted by Crippen LogP contribution is 2.70. The van der Waals surface area contributed by atoms with Crippen molar-refractivity contribution in [2.75, 3.05) is 13.2 Å². The highest BCUT2D eigenvalue weighted by atomic mass is 16.7. The van der Waals surface area contributed by atoms with Crippen LogP contribution in [0.5, 0.6) is 0 Å². The van der Waals surface area contributed by atoms with Crippen LogP contribution in [0.25, 0.3) is 0 Å². The molecule has 3 saturated carbocycles. The number of ether oxygens (including phenoxy) is 3. The van der Waals surface area contributed by atoms with E-state index in [1.54, 1.807) is 0 Å². The summed E-state index contributed by atoms with van der Waals surface area (Å²) in [6.45, 7) is 10.5. The van der Waals surface area contributed by atoms with Crippen LogP contribution in [-0.2, 0) is 14.2 Å². The molecule has 0 bridgehead atoms. The summed E-state index contributed by atoms with van der Waals surface area (Å²) in [6.07, 6.45) is 6.64. The third-order valence-electron chi connectivity index (χ3n) is 13.7. The van der Waals surface area contributed by atoms with E-state index in [-0.39, 0.29) is 17.2 Å². The van der Waals surface area contributed by atoms with Crippen LogP contribution in [0.2, 0.25) is 0 Å². The van der Waals surface area contributed by atoms with E-state index in [1.807, 2.05) is 0 Å². The van der Waals surface area contributed by atoms with Crippen LogP contribution in [0.3, 0.4) is 0 Å². The van der Waals surface area contributed by atoms with Gasteiger partial charge in [0, 0.05) is 12.5 Å². The first-order valence-corrected chi connectivity index (χ1v) is 16.6. The van der Waals surface area contributed by atoms with Gasteiger partial charge in [0.2, 0.25) is 0 Å². The van der Waals surface area contributed by atoms with Crippen molar-refractivity contribution in [3.05, 3.63) is 11.6 Å². The van der Waals surface area contributed by atoms with Gasteiger partial charge in [0.25, 0.3) is 0 Å². The van der Waals surface area contributed by atoms with Gasteiger partial charge >= 0.3 is 0 Å². The molecule has 0 radical (unpaired) electrons. The Bertz CT molecular complexity index is 1030. The van der Waals surface area contributed by atoms with Crippen molar-refractivity contribution < 1.29 is 34.6 Å². The second-order valence-corrected chi connectivity index (χ2v) is 15.6. The predicted octanol–water partition coefficient (Wildman–Crippen LogP) is 3.11. The molecular weight excluding hydrogens is 522 g/mol. The highest BCUT2D eigenvalue weighted by Gasteiger charge is 2.68. The van der Waals surface area contributed by atoms with E-state index in [4.69, 9.17) is 14.2 Å². The van der Waals surface area contributed by atoms with Crippen molar-refractivity contribution in [2.24, 2.45) is 46.3 Å². The maximum absolute atomic E-state index is 10.5. The molecule has 3 heterocycles. The summed E-state index contributed by atoms with van der Waals surface area (Å²) >= 11 is 0. The summed E-state index contributed by atoms with van der Waals surface area (Å²) < 4.78 is 18.9. The molecule has 0 amide bonds. The van der Waals surface area contributed by atoms with Gasteiger partial charge in [-0.1, -0.05) is 39.3 Å². The molecule has 3 saturated heterocycles. The first-order valence-electron chi connectivity index (χ1n) is 16.6. The normalized spacial score (nSPS) is 58.3. The summed E-state index contributed by atoms with van der Waals surface area (Å²) in [5, 5.41) is 44.3. The van der Waals surface area contributed by atoms with Gasteiger partial charge in [0.1, 0.15) is 30.1 Å². The second kappa shape index (κ2) is 10.2. The number of hydrogen-bond donors (Lipinski definition) is 5. The zero-order valence-corrected chi connectivity index (χ0v) is 25.4. The van der Waals surface area contributed by atoms with Gasteiger partial charge < -0.3 is 34.6 Å². The third kappa shape index (κ3) is 4.29. The monoisotopic (exact) mass is 575 g/mol. The fourth-order valence-electron chi connectivity index (χ4n) is 11.3. The zero-order chi connectivity index (χ0) is 28.9. The smallest absolute Gasteiger partial charge is 0.186 e. The number of rotatable bonds is 3. The lowest BCUT2D eigenvalue weighted by molar-refractivity contribution is -0.313. The SMILES string of the molecule is CC1CCC2(NC1)OC1CC3C4CC=C5C[C@@H](O[C@@H]6OC(CO)[C@@H](O)C(O)C6O)CC[C@]5(C)C4CC[C@]3(C)C1[C@@H]2C. The Morgan fingerprint density at radius 2 is 1.80 bits per heavy atom. The molecular formula is C33H53NO7. The predicted molar refractivity (Wildman–Crippen MR) is 152 cm³/mol. The lowest BCUT2D eigenvalue weighted by Gasteiger charge is -2.59. The molecule has 10 unspecified atom stereocenters. The Labute approximate surface area is 245 Å².